The number of benzene rings is 1. The van der Waals surface area contributed by atoms with Crippen LogP contribution in [0, 0.1) is 11.8 Å². The molecular formula is C13H16BrNO2. The predicted octanol–water partition coefficient (Wildman–Crippen LogP) is 3.54. The van der Waals surface area contributed by atoms with Crippen LogP contribution in [0.5, 0.6) is 0 Å². The van der Waals surface area contributed by atoms with Crippen LogP contribution in [0.3, 0.4) is 0 Å². The van der Waals surface area contributed by atoms with Gasteiger partial charge in [-0.25, -0.2) is 0 Å². The third-order valence-electron chi connectivity index (χ3n) is 2.48. The number of nitrogens with zero attached hydrogens (tertiary/aromatic N) is 1. The molecule has 0 aliphatic heterocycles. The number of halogens is 1. The third kappa shape index (κ3) is 3.97. The van der Waals surface area contributed by atoms with Crippen molar-refractivity contribution >= 4 is 27.9 Å². The van der Waals surface area contributed by atoms with E-state index in [1.54, 1.807) is 6.21 Å². The first-order chi connectivity index (χ1) is 8.06. The minimum atomic E-state index is -0.254. The highest BCUT2D eigenvalue weighted by atomic mass is 79.9. The summed E-state index contributed by atoms with van der Waals surface area (Å²) in [6, 6.07) is 7.33. The molecule has 92 valence electrons. The molecule has 17 heavy (non-hydrogen) atoms. The maximum atomic E-state index is 12.2. The number of oxime groups is 1. The van der Waals surface area contributed by atoms with Gasteiger partial charge < -0.3 is 4.84 Å². The summed E-state index contributed by atoms with van der Waals surface area (Å²) in [6.07, 6.45) is 1.56. The molecular weight excluding hydrogens is 282 g/mol. The van der Waals surface area contributed by atoms with Crippen molar-refractivity contribution in [1.29, 1.82) is 0 Å². The van der Waals surface area contributed by atoms with E-state index in [1.807, 2.05) is 38.1 Å². The zero-order valence-corrected chi connectivity index (χ0v) is 11.8. The molecule has 3 nitrogen and oxygen atoms in total. The van der Waals surface area contributed by atoms with Crippen molar-refractivity contribution in [3.8, 4) is 0 Å². The van der Waals surface area contributed by atoms with Crippen LogP contribution in [0.1, 0.15) is 24.2 Å². The molecule has 1 atom stereocenters. The summed E-state index contributed by atoms with van der Waals surface area (Å²) in [5, 5.41) is 3.70. The average molecular weight is 298 g/mol. The van der Waals surface area contributed by atoms with Crippen molar-refractivity contribution in [3.05, 3.63) is 34.3 Å². The lowest BCUT2D eigenvalue weighted by atomic mass is 9.89. The van der Waals surface area contributed by atoms with E-state index in [-0.39, 0.29) is 17.6 Å². The Hall–Kier alpha value is -1.16. The van der Waals surface area contributed by atoms with Gasteiger partial charge in [0.05, 0.1) is 12.1 Å². The highest BCUT2D eigenvalue weighted by Crippen LogP contribution is 2.18. The van der Waals surface area contributed by atoms with Gasteiger partial charge in [0.2, 0.25) is 0 Å². The van der Waals surface area contributed by atoms with Gasteiger partial charge in [-0.15, -0.1) is 0 Å². The van der Waals surface area contributed by atoms with E-state index in [2.05, 4.69) is 25.9 Å². The molecule has 0 aliphatic carbocycles. The van der Waals surface area contributed by atoms with Gasteiger partial charge in [0, 0.05) is 10.0 Å². The first-order valence-electron chi connectivity index (χ1n) is 5.42. The highest BCUT2D eigenvalue weighted by molar-refractivity contribution is 9.10. The fourth-order valence-electron chi connectivity index (χ4n) is 1.48. The molecule has 0 heterocycles. The molecule has 0 spiro atoms. The zero-order valence-electron chi connectivity index (χ0n) is 10.2. The van der Waals surface area contributed by atoms with Gasteiger partial charge in [0.25, 0.3) is 0 Å². The monoisotopic (exact) mass is 297 g/mol. The van der Waals surface area contributed by atoms with E-state index >= 15 is 0 Å². The summed E-state index contributed by atoms with van der Waals surface area (Å²) in [6.45, 7) is 3.98. The van der Waals surface area contributed by atoms with Crippen molar-refractivity contribution < 1.29 is 9.63 Å². The maximum absolute atomic E-state index is 12.2. The lowest BCUT2D eigenvalue weighted by Crippen LogP contribution is -2.22. The lowest BCUT2D eigenvalue weighted by molar-refractivity contribution is 0.0930. The molecule has 1 aromatic carbocycles. The minimum absolute atomic E-state index is 0.0632. The number of rotatable bonds is 5. The molecule has 1 unspecified atom stereocenters. The molecule has 1 rings (SSSR count). The first-order valence-corrected chi connectivity index (χ1v) is 6.22. The van der Waals surface area contributed by atoms with E-state index in [0.717, 1.165) is 4.47 Å². The molecule has 0 bridgehead atoms. The number of carbonyl (C=O) groups excluding carboxylic acids is 1. The second-order valence-corrected chi connectivity index (χ2v) is 4.99. The minimum Gasteiger partial charge on any atom is -0.399 e. The van der Waals surface area contributed by atoms with Crippen LogP contribution in [0.4, 0.5) is 0 Å². The third-order valence-corrected chi connectivity index (χ3v) is 3.01. The normalized spacial score (nSPS) is 13.0. The molecule has 0 radical (unpaired) electrons. The molecule has 0 saturated carbocycles. The van der Waals surface area contributed by atoms with Crippen molar-refractivity contribution in [2.75, 3.05) is 7.11 Å². The Balaban J connectivity index is 2.91. The van der Waals surface area contributed by atoms with Gasteiger partial charge in [-0.1, -0.05) is 47.1 Å². The number of hydrogen-bond donors (Lipinski definition) is 0. The summed E-state index contributed by atoms with van der Waals surface area (Å²) in [5.74, 6) is -0.00512. The largest absolute Gasteiger partial charge is 0.399 e. The summed E-state index contributed by atoms with van der Waals surface area (Å²) in [5.41, 5.74) is 0.689. The Morgan fingerprint density at radius 2 is 1.94 bits per heavy atom. The van der Waals surface area contributed by atoms with Crippen LogP contribution in [-0.4, -0.2) is 19.1 Å². The van der Waals surface area contributed by atoms with E-state index in [1.165, 1.54) is 7.11 Å². The van der Waals surface area contributed by atoms with Crippen LogP contribution in [0.15, 0.2) is 33.9 Å². The molecule has 0 saturated heterocycles. The van der Waals surface area contributed by atoms with Crippen LogP contribution in [-0.2, 0) is 4.84 Å². The standard InChI is InChI=1S/C13H16BrNO2/c1-9(2)12(8-15-17-3)13(16)10-4-6-11(14)7-5-10/h4-9,12H,1-3H3/b15-8+. The topological polar surface area (TPSA) is 38.7 Å². The summed E-state index contributed by atoms with van der Waals surface area (Å²) < 4.78 is 0.959. The van der Waals surface area contributed by atoms with Crippen molar-refractivity contribution in [2.45, 2.75) is 13.8 Å². The molecule has 0 aliphatic rings. The molecule has 1 aromatic rings. The van der Waals surface area contributed by atoms with Gasteiger partial charge in [-0.05, 0) is 18.1 Å². The van der Waals surface area contributed by atoms with Gasteiger partial charge >= 0.3 is 0 Å². The molecule has 0 aromatic heterocycles. The Morgan fingerprint density at radius 3 is 2.41 bits per heavy atom. The highest BCUT2D eigenvalue weighted by Gasteiger charge is 2.21. The van der Waals surface area contributed by atoms with Gasteiger partial charge in [-0.3, -0.25) is 4.79 Å². The summed E-state index contributed by atoms with van der Waals surface area (Å²) in [7, 11) is 1.47. The van der Waals surface area contributed by atoms with Gasteiger partial charge in [-0.2, -0.15) is 0 Å². The molecule has 0 N–H and O–H groups in total. The van der Waals surface area contributed by atoms with Crippen LogP contribution < -0.4 is 0 Å². The molecule has 0 amide bonds. The Labute approximate surface area is 110 Å². The second kappa shape index (κ2) is 6.55. The second-order valence-electron chi connectivity index (χ2n) is 4.08. The number of Topliss-reactive ketones (excluding diaryl/α,β-unsaturated/α-hetero) is 1. The lowest BCUT2D eigenvalue weighted by Gasteiger charge is -2.14. The molecule has 4 heteroatoms. The smallest absolute Gasteiger partial charge is 0.171 e. The van der Waals surface area contributed by atoms with Crippen molar-refractivity contribution in [2.24, 2.45) is 17.0 Å². The van der Waals surface area contributed by atoms with Gasteiger partial charge in [0.15, 0.2) is 5.78 Å². The van der Waals surface area contributed by atoms with E-state index in [9.17, 15) is 4.79 Å². The SMILES string of the molecule is CO/N=C/C(C(=O)c1ccc(Br)cc1)C(C)C. The Morgan fingerprint density at radius 1 is 1.35 bits per heavy atom. The predicted molar refractivity (Wildman–Crippen MR) is 72.3 cm³/mol. The Kier molecular flexibility index (Phi) is 5.35. The maximum Gasteiger partial charge on any atom is 0.171 e. The summed E-state index contributed by atoms with van der Waals surface area (Å²) >= 11 is 3.34. The fourth-order valence-corrected chi connectivity index (χ4v) is 1.74. The van der Waals surface area contributed by atoms with Crippen LogP contribution in [0.25, 0.3) is 0 Å². The average Bonchev–Trinajstić information content (AvgIpc) is 2.29. The molecule has 0 fully saturated rings. The zero-order chi connectivity index (χ0) is 12.8. The fraction of sp³-hybridized carbons (Fsp3) is 0.385. The summed E-state index contributed by atoms with van der Waals surface area (Å²) in [4.78, 5) is 16.9. The van der Waals surface area contributed by atoms with Crippen molar-refractivity contribution in [3.63, 3.8) is 0 Å². The number of carbonyl (C=O) groups is 1. The van der Waals surface area contributed by atoms with Crippen molar-refractivity contribution in [1.82, 2.24) is 0 Å². The van der Waals surface area contributed by atoms with E-state index < -0.39 is 0 Å². The first kappa shape index (κ1) is 13.9. The van der Waals surface area contributed by atoms with E-state index in [0.29, 0.717) is 5.56 Å². The van der Waals surface area contributed by atoms with Crippen LogP contribution >= 0.6 is 15.9 Å². The number of ketones is 1. The quantitative estimate of drug-likeness (QED) is 0.474. The number of hydrogen-bond acceptors (Lipinski definition) is 3. The Bertz CT molecular complexity index is 398. The van der Waals surface area contributed by atoms with Crippen LogP contribution in [0.2, 0.25) is 0 Å². The van der Waals surface area contributed by atoms with E-state index in [4.69, 9.17) is 0 Å². The van der Waals surface area contributed by atoms with Gasteiger partial charge in [0.1, 0.15) is 7.11 Å².